The van der Waals surface area contributed by atoms with Crippen molar-refractivity contribution < 1.29 is 19.3 Å². The van der Waals surface area contributed by atoms with Crippen LogP contribution in [0, 0.1) is 0 Å². The second-order valence-electron chi connectivity index (χ2n) is 3.51. The lowest BCUT2D eigenvalue weighted by Gasteiger charge is -2.11. The van der Waals surface area contributed by atoms with Gasteiger partial charge in [0.1, 0.15) is 30.8 Å². The van der Waals surface area contributed by atoms with E-state index in [4.69, 9.17) is 19.9 Å². The molecule has 1 rings (SSSR count). The second-order valence-corrected chi connectivity index (χ2v) is 3.51. The highest BCUT2D eigenvalue weighted by Gasteiger charge is 2.02. The first-order valence-electron chi connectivity index (χ1n) is 5.49. The van der Waals surface area contributed by atoms with Crippen LogP contribution >= 0.6 is 12.4 Å². The summed E-state index contributed by atoms with van der Waals surface area (Å²) in [6, 6.07) is 7.18. The highest BCUT2D eigenvalue weighted by molar-refractivity contribution is 5.85. The van der Waals surface area contributed by atoms with Crippen molar-refractivity contribution in [3.8, 4) is 11.5 Å². The van der Waals surface area contributed by atoms with Crippen LogP contribution in [0.5, 0.6) is 11.5 Å². The smallest absolute Gasteiger partial charge is 0.119 e. The van der Waals surface area contributed by atoms with Gasteiger partial charge in [0.05, 0.1) is 6.61 Å². The van der Waals surface area contributed by atoms with Crippen LogP contribution in [0.15, 0.2) is 24.3 Å². The lowest BCUT2D eigenvalue weighted by atomic mass is 10.3. The molecule has 18 heavy (non-hydrogen) atoms. The number of aliphatic hydroxyl groups is 1. The van der Waals surface area contributed by atoms with Gasteiger partial charge in [-0.15, -0.1) is 12.4 Å². The fourth-order valence-corrected chi connectivity index (χ4v) is 1.14. The van der Waals surface area contributed by atoms with E-state index in [0.717, 1.165) is 5.75 Å². The largest absolute Gasteiger partial charge is 0.491 e. The molecule has 0 saturated heterocycles. The molecule has 0 saturated carbocycles. The summed E-state index contributed by atoms with van der Waals surface area (Å²) in [4.78, 5) is 0. The van der Waals surface area contributed by atoms with E-state index in [1.807, 2.05) is 0 Å². The van der Waals surface area contributed by atoms with E-state index in [-0.39, 0.29) is 25.6 Å². The fourth-order valence-electron chi connectivity index (χ4n) is 1.14. The second kappa shape index (κ2) is 9.96. The van der Waals surface area contributed by atoms with Gasteiger partial charge in [0.25, 0.3) is 0 Å². The Kier molecular flexibility index (Phi) is 9.40. The average Bonchev–Trinajstić information content (AvgIpc) is 2.37. The third-order valence-electron chi connectivity index (χ3n) is 2.09. The third-order valence-corrected chi connectivity index (χ3v) is 2.09. The minimum atomic E-state index is -0.632. The first-order valence-corrected chi connectivity index (χ1v) is 5.49. The van der Waals surface area contributed by atoms with Gasteiger partial charge in [-0.05, 0) is 24.3 Å². The molecule has 104 valence electrons. The molecule has 3 N–H and O–H groups in total. The van der Waals surface area contributed by atoms with E-state index in [2.05, 4.69) is 0 Å². The van der Waals surface area contributed by atoms with Crippen LogP contribution < -0.4 is 15.2 Å². The number of ether oxygens (including phenoxy) is 3. The Balaban J connectivity index is 0.00000289. The Labute approximate surface area is 113 Å². The fraction of sp³-hybridized carbons (Fsp3) is 0.500. The molecule has 0 heterocycles. The van der Waals surface area contributed by atoms with E-state index in [9.17, 15) is 5.11 Å². The molecule has 0 aromatic heterocycles. The van der Waals surface area contributed by atoms with E-state index in [1.54, 1.807) is 31.4 Å². The van der Waals surface area contributed by atoms with Crippen molar-refractivity contribution in [3.63, 3.8) is 0 Å². The predicted octanol–water partition coefficient (Wildman–Crippen LogP) is 0.832. The molecule has 1 atom stereocenters. The van der Waals surface area contributed by atoms with E-state index in [0.29, 0.717) is 19.0 Å². The van der Waals surface area contributed by atoms with Crippen molar-refractivity contribution in [1.29, 1.82) is 0 Å². The first-order chi connectivity index (χ1) is 8.26. The van der Waals surface area contributed by atoms with Crippen LogP contribution in [0.3, 0.4) is 0 Å². The van der Waals surface area contributed by atoms with Crippen molar-refractivity contribution in [3.05, 3.63) is 24.3 Å². The Hall–Kier alpha value is -1.01. The highest BCUT2D eigenvalue weighted by Crippen LogP contribution is 2.17. The number of nitrogens with two attached hydrogens (primary N) is 1. The Morgan fingerprint density at radius 2 is 1.67 bits per heavy atom. The zero-order chi connectivity index (χ0) is 12.5. The van der Waals surface area contributed by atoms with Crippen LogP contribution in [0.1, 0.15) is 0 Å². The summed E-state index contributed by atoms with van der Waals surface area (Å²) in [6.45, 7) is 1.46. The maximum atomic E-state index is 9.23. The maximum absolute atomic E-state index is 9.23. The molecule has 0 bridgehead atoms. The zero-order valence-electron chi connectivity index (χ0n) is 10.4. The van der Waals surface area contributed by atoms with Gasteiger partial charge in [-0.3, -0.25) is 0 Å². The predicted molar refractivity (Wildman–Crippen MR) is 71.6 cm³/mol. The zero-order valence-corrected chi connectivity index (χ0v) is 11.2. The molecule has 0 aliphatic carbocycles. The molecule has 0 fully saturated rings. The summed E-state index contributed by atoms with van der Waals surface area (Å²) in [5, 5.41) is 9.23. The molecule has 6 heteroatoms. The summed E-state index contributed by atoms with van der Waals surface area (Å²) >= 11 is 0. The molecule has 5 nitrogen and oxygen atoms in total. The number of methoxy groups -OCH3 is 1. The number of rotatable bonds is 8. The van der Waals surface area contributed by atoms with Crippen molar-refractivity contribution in [2.75, 3.05) is 33.5 Å². The number of hydrogen-bond donors (Lipinski definition) is 2. The normalized spacial score (nSPS) is 11.5. The quantitative estimate of drug-likeness (QED) is 0.689. The highest BCUT2D eigenvalue weighted by atomic mass is 35.5. The monoisotopic (exact) mass is 277 g/mol. The van der Waals surface area contributed by atoms with Crippen molar-refractivity contribution in [2.24, 2.45) is 5.73 Å². The molecule has 1 aromatic rings. The minimum absolute atomic E-state index is 0. The number of aliphatic hydroxyl groups excluding tert-OH is 1. The van der Waals surface area contributed by atoms with Gasteiger partial charge in [-0.1, -0.05) is 0 Å². The van der Waals surface area contributed by atoms with Gasteiger partial charge in [-0.2, -0.15) is 0 Å². The van der Waals surface area contributed by atoms with Gasteiger partial charge < -0.3 is 25.1 Å². The average molecular weight is 278 g/mol. The SMILES string of the molecule is COCCOc1ccc(OCC(O)CN)cc1.Cl. The van der Waals surface area contributed by atoms with Crippen LogP contribution in [0.2, 0.25) is 0 Å². The van der Waals surface area contributed by atoms with Gasteiger partial charge in [0.15, 0.2) is 0 Å². The molecule has 0 aliphatic rings. The molecule has 1 unspecified atom stereocenters. The standard InChI is InChI=1S/C12H19NO4.ClH/c1-15-6-7-16-11-2-4-12(5-3-11)17-9-10(14)8-13;/h2-5,10,14H,6-9,13H2,1H3;1H. The lowest BCUT2D eigenvalue weighted by Crippen LogP contribution is -2.26. The number of benzene rings is 1. The van der Waals surface area contributed by atoms with Crippen LogP contribution in [0.4, 0.5) is 0 Å². The van der Waals surface area contributed by atoms with Crippen LogP contribution in [-0.2, 0) is 4.74 Å². The Bertz CT molecular complexity index is 307. The molecule has 0 radical (unpaired) electrons. The van der Waals surface area contributed by atoms with Crippen LogP contribution in [-0.4, -0.2) is 44.7 Å². The summed E-state index contributed by atoms with van der Waals surface area (Å²) in [7, 11) is 1.63. The maximum Gasteiger partial charge on any atom is 0.119 e. The topological polar surface area (TPSA) is 73.9 Å². The molecular formula is C12H20ClNO4. The Morgan fingerprint density at radius 1 is 1.11 bits per heavy atom. The third kappa shape index (κ3) is 6.66. The van der Waals surface area contributed by atoms with Gasteiger partial charge in [0.2, 0.25) is 0 Å². The van der Waals surface area contributed by atoms with E-state index < -0.39 is 6.10 Å². The van der Waals surface area contributed by atoms with Crippen molar-refractivity contribution >= 4 is 12.4 Å². The molecule has 1 aromatic carbocycles. The van der Waals surface area contributed by atoms with E-state index >= 15 is 0 Å². The molecule has 0 spiro atoms. The van der Waals surface area contributed by atoms with Crippen molar-refractivity contribution in [1.82, 2.24) is 0 Å². The van der Waals surface area contributed by atoms with E-state index in [1.165, 1.54) is 0 Å². The van der Waals surface area contributed by atoms with Crippen molar-refractivity contribution in [2.45, 2.75) is 6.10 Å². The number of halogens is 1. The summed E-state index contributed by atoms with van der Waals surface area (Å²) in [5.41, 5.74) is 5.27. The van der Waals surface area contributed by atoms with Gasteiger partial charge >= 0.3 is 0 Å². The first kappa shape index (κ1) is 17.0. The molecular weight excluding hydrogens is 258 g/mol. The minimum Gasteiger partial charge on any atom is -0.491 e. The number of hydrogen-bond acceptors (Lipinski definition) is 5. The van der Waals surface area contributed by atoms with Crippen LogP contribution in [0.25, 0.3) is 0 Å². The lowest BCUT2D eigenvalue weighted by molar-refractivity contribution is 0.114. The van der Waals surface area contributed by atoms with Gasteiger partial charge in [-0.25, -0.2) is 0 Å². The summed E-state index contributed by atoms with van der Waals surface area (Å²) in [6.07, 6.45) is -0.632. The molecule has 0 aliphatic heterocycles. The van der Waals surface area contributed by atoms with Gasteiger partial charge in [0, 0.05) is 13.7 Å². The summed E-state index contributed by atoms with van der Waals surface area (Å²) in [5.74, 6) is 1.44. The Morgan fingerprint density at radius 3 is 2.17 bits per heavy atom. The summed E-state index contributed by atoms with van der Waals surface area (Å²) < 4.78 is 15.6. The molecule has 0 amide bonds.